The Balaban J connectivity index is 1.41. The van der Waals surface area contributed by atoms with E-state index < -0.39 is 5.54 Å². The molecule has 4 nitrogen and oxygen atoms in total. The minimum Gasteiger partial charge on any atom is -0.374 e. The average molecular weight is 422 g/mol. The van der Waals surface area contributed by atoms with Gasteiger partial charge in [-0.1, -0.05) is 46.3 Å². The molecular formula is C20H21BrFNO3. The third-order valence-electron chi connectivity index (χ3n) is 5.15. The van der Waals surface area contributed by atoms with Crippen LogP contribution in [0.25, 0.3) is 0 Å². The average Bonchev–Trinajstić information content (AvgIpc) is 3.09. The Kier molecular flexibility index (Phi) is 5.38. The van der Waals surface area contributed by atoms with Gasteiger partial charge in [0.2, 0.25) is 0 Å². The van der Waals surface area contributed by atoms with Gasteiger partial charge in [0, 0.05) is 16.0 Å². The maximum atomic E-state index is 14.5. The Hall–Kier alpha value is -1.31. The van der Waals surface area contributed by atoms with Crippen LogP contribution in [-0.4, -0.2) is 25.9 Å². The van der Waals surface area contributed by atoms with Crippen molar-refractivity contribution in [3.8, 4) is 0 Å². The van der Waals surface area contributed by atoms with Crippen LogP contribution in [0.4, 0.5) is 4.39 Å². The number of hydrogen-bond donors (Lipinski definition) is 1. The van der Waals surface area contributed by atoms with Crippen molar-refractivity contribution in [2.75, 3.05) is 19.8 Å². The molecule has 6 heteroatoms. The molecule has 2 fully saturated rings. The highest BCUT2D eigenvalue weighted by Gasteiger charge is 2.51. The number of hydroxylamine groups is 1. The first-order chi connectivity index (χ1) is 12.7. The lowest BCUT2D eigenvalue weighted by molar-refractivity contribution is -0.0996. The van der Waals surface area contributed by atoms with Crippen LogP contribution in [0.1, 0.15) is 17.5 Å². The molecule has 0 amide bonds. The van der Waals surface area contributed by atoms with E-state index in [-0.39, 0.29) is 17.8 Å². The van der Waals surface area contributed by atoms with Crippen molar-refractivity contribution in [1.29, 1.82) is 0 Å². The number of halogens is 2. The summed E-state index contributed by atoms with van der Waals surface area (Å²) in [4.78, 5) is 5.51. The van der Waals surface area contributed by atoms with E-state index in [4.69, 9.17) is 14.3 Å². The highest BCUT2D eigenvalue weighted by Crippen LogP contribution is 2.43. The zero-order chi connectivity index (χ0) is 18.0. The molecule has 4 rings (SSSR count). The summed E-state index contributed by atoms with van der Waals surface area (Å²) in [6.07, 6.45) is 0.740. The zero-order valence-electron chi connectivity index (χ0n) is 14.3. The number of nitrogens with one attached hydrogen (secondary N) is 1. The lowest BCUT2D eigenvalue weighted by Crippen LogP contribution is -2.52. The summed E-state index contributed by atoms with van der Waals surface area (Å²) in [5.74, 6) is -0.121. The first-order valence-electron chi connectivity index (χ1n) is 8.75. The quantitative estimate of drug-likeness (QED) is 0.793. The van der Waals surface area contributed by atoms with Gasteiger partial charge < -0.3 is 14.3 Å². The topological polar surface area (TPSA) is 39.7 Å². The summed E-state index contributed by atoms with van der Waals surface area (Å²) in [6.45, 7) is 1.96. The van der Waals surface area contributed by atoms with E-state index in [1.54, 1.807) is 12.1 Å². The van der Waals surface area contributed by atoms with Crippen molar-refractivity contribution in [3.05, 3.63) is 69.9 Å². The third-order valence-corrected chi connectivity index (χ3v) is 5.65. The van der Waals surface area contributed by atoms with Crippen molar-refractivity contribution in [2.24, 2.45) is 5.92 Å². The van der Waals surface area contributed by atoms with Crippen LogP contribution in [0.2, 0.25) is 0 Å². The molecule has 2 heterocycles. The maximum absolute atomic E-state index is 14.5. The summed E-state index contributed by atoms with van der Waals surface area (Å²) >= 11 is 3.43. The van der Waals surface area contributed by atoms with Gasteiger partial charge in [-0.05, 0) is 30.2 Å². The predicted molar refractivity (Wildman–Crippen MR) is 98.8 cm³/mol. The molecule has 0 aromatic heterocycles. The number of rotatable bonds is 5. The van der Waals surface area contributed by atoms with Gasteiger partial charge in [0.15, 0.2) is 0 Å². The fraction of sp³-hybridized carbons (Fsp3) is 0.400. The Bertz CT molecular complexity index is 760. The molecule has 2 aromatic rings. The largest absolute Gasteiger partial charge is 0.374 e. The molecule has 0 saturated carbocycles. The van der Waals surface area contributed by atoms with Crippen molar-refractivity contribution < 1.29 is 18.7 Å². The Labute approximate surface area is 160 Å². The number of fused-ring (bicyclic) bond motifs is 1. The van der Waals surface area contributed by atoms with Crippen molar-refractivity contribution >= 4 is 15.9 Å². The SMILES string of the molecule is Fc1ccc(Br)cc1C12COC(COCc3ccccc3)CC1CON2. The summed E-state index contributed by atoms with van der Waals surface area (Å²) in [5.41, 5.74) is 4.10. The van der Waals surface area contributed by atoms with Gasteiger partial charge in [-0.25, -0.2) is 4.39 Å². The number of hydrogen-bond acceptors (Lipinski definition) is 4. The molecule has 2 aliphatic rings. The Morgan fingerprint density at radius 3 is 2.92 bits per heavy atom. The van der Waals surface area contributed by atoms with Gasteiger partial charge in [0.05, 0.1) is 38.1 Å². The molecule has 0 bridgehead atoms. The molecule has 26 heavy (non-hydrogen) atoms. The first kappa shape index (κ1) is 18.1. The Morgan fingerprint density at radius 2 is 2.08 bits per heavy atom. The van der Waals surface area contributed by atoms with Gasteiger partial charge in [-0.2, -0.15) is 5.48 Å². The van der Waals surface area contributed by atoms with E-state index in [1.807, 2.05) is 30.3 Å². The minimum absolute atomic E-state index is 0.0180. The molecule has 3 unspecified atom stereocenters. The molecule has 2 aromatic carbocycles. The standard InChI is InChI=1S/C20H21BrFNO3/c21-16-6-7-19(22)18(9-16)20-13-25-17(8-15(20)11-26-23-20)12-24-10-14-4-2-1-3-5-14/h1-7,9,15,17,23H,8,10-13H2. The van der Waals surface area contributed by atoms with E-state index >= 15 is 0 Å². The van der Waals surface area contributed by atoms with Crippen LogP contribution in [-0.2, 0) is 26.5 Å². The first-order valence-corrected chi connectivity index (χ1v) is 9.54. The Morgan fingerprint density at radius 1 is 1.23 bits per heavy atom. The molecule has 0 spiro atoms. The van der Waals surface area contributed by atoms with Crippen LogP contribution in [0.15, 0.2) is 53.0 Å². The second-order valence-electron chi connectivity index (χ2n) is 6.87. The normalized spacial score (nSPS) is 28.1. The fourth-order valence-electron chi connectivity index (χ4n) is 3.74. The van der Waals surface area contributed by atoms with Gasteiger partial charge in [-0.15, -0.1) is 0 Å². The van der Waals surface area contributed by atoms with Crippen molar-refractivity contribution in [1.82, 2.24) is 5.48 Å². The third kappa shape index (κ3) is 3.57. The van der Waals surface area contributed by atoms with Crippen LogP contribution < -0.4 is 5.48 Å². The van der Waals surface area contributed by atoms with E-state index in [1.165, 1.54) is 6.07 Å². The highest BCUT2D eigenvalue weighted by atomic mass is 79.9. The smallest absolute Gasteiger partial charge is 0.128 e. The molecule has 138 valence electrons. The van der Waals surface area contributed by atoms with Crippen LogP contribution in [0.3, 0.4) is 0 Å². The van der Waals surface area contributed by atoms with E-state index in [2.05, 4.69) is 21.4 Å². The molecule has 2 saturated heterocycles. The van der Waals surface area contributed by atoms with Gasteiger partial charge in [0.1, 0.15) is 5.82 Å². The van der Waals surface area contributed by atoms with Gasteiger partial charge in [0.25, 0.3) is 0 Å². The molecular weight excluding hydrogens is 401 g/mol. The summed E-state index contributed by atoms with van der Waals surface area (Å²) in [5, 5.41) is 0. The van der Waals surface area contributed by atoms with E-state index in [0.29, 0.717) is 32.0 Å². The monoisotopic (exact) mass is 421 g/mol. The lowest BCUT2D eigenvalue weighted by Gasteiger charge is -2.41. The van der Waals surface area contributed by atoms with E-state index in [0.717, 1.165) is 16.5 Å². The molecule has 3 atom stereocenters. The van der Waals surface area contributed by atoms with Crippen molar-refractivity contribution in [2.45, 2.75) is 24.7 Å². The zero-order valence-corrected chi connectivity index (χ0v) is 15.9. The second-order valence-corrected chi connectivity index (χ2v) is 7.79. The predicted octanol–water partition coefficient (Wildman–Crippen LogP) is 3.94. The minimum atomic E-state index is -0.649. The fourth-order valence-corrected chi connectivity index (χ4v) is 4.10. The maximum Gasteiger partial charge on any atom is 0.128 e. The van der Waals surface area contributed by atoms with Crippen LogP contribution >= 0.6 is 15.9 Å². The summed E-state index contributed by atoms with van der Waals surface area (Å²) in [7, 11) is 0. The lowest BCUT2D eigenvalue weighted by atomic mass is 9.75. The summed E-state index contributed by atoms with van der Waals surface area (Å²) in [6, 6.07) is 15.0. The van der Waals surface area contributed by atoms with Crippen LogP contribution in [0, 0.1) is 11.7 Å². The molecule has 0 aliphatic carbocycles. The molecule has 1 N–H and O–H groups in total. The van der Waals surface area contributed by atoms with Gasteiger partial charge in [-0.3, -0.25) is 0 Å². The molecule has 0 radical (unpaired) electrons. The highest BCUT2D eigenvalue weighted by molar-refractivity contribution is 9.10. The van der Waals surface area contributed by atoms with E-state index in [9.17, 15) is 4.39 Å². The van der Waals surface area contributed by atoms with Crippen molar-refractivity contribution in [3.63, 3.8) is 0 Å². The number of benzene rings is 2. The van der Waals surface area contributed by atoms with Gasteiger partial charge >= 0.3 is 0 Å². The summed E-state index contributed by atoms with van der Waals surface area (Å²) < 4.78 is 27.2. The number of ether oxygens (including phenoxy) is 2. The molecule has 2 aliphatic heterocycles. The second kappa shape index (κ2) is 7.74. The van der Waals surface area contributed by atoms with Crippen LogP contribution in [0.5, 0.6) is 0 Å².